The second kappa shape index (κ2) is 12.0. The summed E-state index contributed by atoms with van der Waals surface area (Å²) in [6.45, 7) is 6.51. The lowest BCUT2D eigenvalue weighted by atomic mass is 9.91. The van der Waals surface area contributed by atoms with Crippen molar-refractivity contribution in [3.05, 3.63) is 77.6 Å². The number of nitrogens with one attached hydrogen (secondary N) is 1. The molecule has 0 saturated carbocycles. The Balaban J connectivity index is 1.44. The molecular formula is C29H33F3N4O4. The predicted octanol–water partition coefficient (Wildman–Crippen LogP) is 5.81. The summed E-state index contributed by atoms with van der Waals surface area (Å²) in [6, 6.07) is 14.1. The number of alkyl halides is 3. The van der Waals surface area contributed by atoms with Gasteiger partial charge in [0.15, 0.2) is 0 Å². The Morgan fingerprint density at radius 2 is 1.73 bits per heavy atom. The van der Waals surface area contributed by atoms with E-state index in [1.807, 2.05) is 51.1 Å². The predicted molar refractivity (Wildman–Crippen MR) is 143 cm³/mol. The fourth-order valence-electron chi connectivity index (χ4n) is 4.55. The van der Waals surface area contributed by atoms with E-state index >= 15 is 0 Å². The van der Waals surface area contributed by atoms with Gasteiger partial charge in [0.05, 0.1) is 35.2 Å². The van der Waals surface area contributed by atoms with Gasteiger partial charge in [-0.25, -0.2) is 9.48 Å². The lowest BCUT2D eigenvalue weighted by Gasteiger charge is -2.34. The highest BCUT2D eigenvalue weighted by atomic mass is 19.4. The number of amides is 2. The van der Waals surface area contributed by atoms with Crippen molar-refractivity contribution in [1.29, 1.82) is 0 Å². The molecule has 8 nitrogen and oxygen atoms in total. The van der Waals surface area contributed by atoms with E-state index in [1.165, 1.54) is 18.3 Å². The number of hydrogen-bond acceptors (Lipinski definition) is 5. The normalized spacial score (nSPS) is 14.6. The van der Waals surface area contributed by atoms with Crippen LogP contribution in [0.3, 0.4) is 0 Å². The van der Waals surface area contributed by atoms with E-state index in [4.69, 9.17) is 9.47 Å². The van der Waals surface area contributed by atoms with Crippen molar-refractivity contribution in [3.63, 3.8) is 0 Å². The van der Waals surface area contributed by atoms with Crippen LogP contribution in [0.4, 0.5) is 18.0 Å². The third-order valence-corrected chi connectivity index (χ3v) is 6.40. The second-order valence-corrected chi connectivity index (χ2v) is 10.6. The lowest BCUT2D eigenvalue weighted by Crippen LogP contribution is -2.41. The number of nitrogens with zero attached hydrogens (tertiary/aromatic N) is 3. The molecule has 1 aliphatic rings. The van der Waals surface area contributed by atoms with E-state index < -0.39 is 17.3 Å². The molecule has 1 aliphatic heterocycles. The van der Waals surface area contributed by atoms with Crippen LogP contribution in [0.25, 0.3) is 5.69 Å². The standard InChI is InChI=1S/C29H33F3N4O4/c1-28(2,3)40-27(38)35-15-12-20(13-16-35)25-24(19-34-36(25)22-9-5-4-6-10-22)26(37)33-14-17-39-23-11-7-8-21(18-23)29(30,31)32/h4-11,18-20H,12-17H2,1-3H3,(H,33,37). The molecular weight excluding hydrogens is 525 g/mol. The van der Waals surface area contributed by atoms with Crippen molar-refractivity contribution in [1.82, 2.24) is 20.0 Å². The monoisotopic (exact) mass is 558 g/mol. The Morgan fingerprint density at radius 1 is 1.02 bits per heavy atom. The minimum Gasteiger partial charge on any atom is -0.492 e. The van der Waals surface area contributed by atoms with Crippen LogP contribution in [0.1, 0.15) is 61.1 Å². The number of para-hydroxylation sites is 1. The molecule has 1 N–H and O–H groups in total. The van der Waals surface area contributed by atoms with Crippen molar-refractivity contribution in [2.45, 2.75) is 51.3 Å². The molecule has 11 heteroatoms. The first kappa shape index (κ1) is 29.0. The molecule has 2 heterocycles. The summed E-state index contributed by atoms with van der Waals surface area (Å²) in [5.74, 6) is -0.332. The summed E-state index contributed by atoms with van der Waals surface area (Å²) < 4.78 is 51.5. The zero-order valence-electron chi connectivity index (χ0n) is 22.7. The van der Waals surface area contributed by atoms with Crippen LogP contribution in [0.5, 0.6) is 5.75 Å². The van der Waals surface area contributed by atoms with E-state index in [9.17, 15) is 22.8 Å². The van der Waals surface area contributed by atoms with Crippen LogP contribution in [0, 0.1) is 0 Å². The number of rotatable bonds is 7. The quantitative estimate of drug-likeness (QED) is 0.370. The van der Waals surface area contributed by atoms with Crippen molar-refractivity contribution in [2.75, 3.05) is 26.2 Å². The summed E-state index contributed by atoms with van der Waals surface area (Å²) in [5.41, 5.74) is 0.560. The van der Waals surface area contributed by atoms with Crippen molar-refractivity contribution >= 4 is 12.0 Å². The van der Waals surface area contributed by atoms with Gasteiger partial charge >= 0.3 is 12.3 Å². The summed E-state index contributed by atoms with van der Waals surface area (Å²) in [5, 5.41) is 7.29. The Kier molecular flexibility index (Phi) is 8.70. The van der Waals surface area contributed by atoms with Crippen LogP contribution >= 0.6 is 0 Å². The number of hydrogen-bond donors (Lipinski definition) is 1. The average molecular weight is 559 g/mol. The van der Waals surface area contributed by atoms with Gasteiger partial charge in [-0.3, -0.25) is 4.79 Å². The highest BCUT2D eigenvalue weighted by Crippen LogP contribution is 2.33. The number of aromatic nitrogens is 2. The topological polar surface area (TPSA) is 85.7 Å². The maximum atomic E-state index is 13.2. The third-order valence-electron chi connectivity index (χ3n) is 6.40. The second-order valence-electron chi connectivity index (χ2n) is 10.6. The van der Waals surface area contributed by atoms with E-state index in [2.05, 4.69) is 10.4 Å². The van der Waals surface area contributed by atoms with Crippen molar-refractivity contribution < 1.29 is 32.2 Å². The van der Waals surface area contributed by atoms with Gasteiger partial charge in [-0.15, -0.1) is 0 Å². The maximum Gasteiger partial charge on any atom is 0.416 e. The van der Waals surface area contributed by atoms with Crippen LogP contribution in [0.2, 0.25) is 0 Å². The zero-order valence-corrected chi connectivity index (χ0v) is 22.7. The van der Waals surface area contributed by atoms with E-state index in [1.54, 1.807) is 9.58 Å². The molecule has 3 aromatic rings. The minimum atomic E-state index is -4.47. The number of carbonyl (C=O) groups excluding carboxylic acids is 2. The Morgan fingerprint density at radius 3 is 2.38 bits per heavy atom. The molecule has 0 atom stereocenters. The smallest absolute Gasteiger partial charge is 0.416 e. The Labute approximate surface area is 231 Å². The highest BCUT2D eigenvalue weighted by Gasteiger charge is 2.32. The number of carbonyl (C=O) groups is 2. The summed E-state index contributed by atoms with van der Waals surface area (Å²) in [7, 11) is 0. The van der Waals surface area contributed by atoms with Crippen LogP contribution < -0.4 is 10.1 Å². The molecule has 0 unspecified atom stereocenters. The number of ether oxygens (including phenoxy) is 2. The summed E-state index contributed by atoms with van der Waals surface area (Å²) in [6.07, 6.45) is -2.06. The van der Waals surface area contributed by atoms with Gasteiger partial charge in [-0.2, -0.15) is 18.3 Å². The molecule has 0 bridgehead atoms. The fraction of sp³-hybridized carbons (Fsp3) is 0.414. The molecule has 40 heavy (non-hydrogen) atoms. The van der Waals surface area contributed by atoms with Gasteiger partial charge in [-0.1, -0.05) is 24.3 Å². The van der Waals surface area contributed by atoms with Crippen molar-refractivity contribution in [2.24, 2.45) is 0 Å². The minimum absolute atomic E-state index is 0.0104. The molecule has 0 spiro atoms. The highest BCUT2D eigenvalue weighted by molar-refractivity contribution is 5.95. The summed E-state index contributed by atoms with van der Waals surface area (Å²) in [4.78, 5) is 27.4. The molecule has 1 aromatic heterocycles. The first-order valence-corrected chi connectivity index (χ1v) is 13.1. The molecule has 0 aliphatic carbocycles. The molecule has 2 aromatic carbocycles. The van der Waals surface area contributed by atoms with Crippen LogP contribution in [-0.4, -0.2) is 58.5 Å². The number of likely N-dealkylation sites (tertiary alicyclic amines) is 1. The van der Waals surface area contributed by atoms with Gasteiger partial charge < -0.3 is 19.7 Å². The molecule has 1 saturated heterocycles. The number of piperidine rings is 1. The van der Waals surface area contributed by atoms with E-state index in [0.29, 0.717) is 31.5 Å². The lowest BCUT2D eigenvalue weighted by molar-refractivity contribution is -0.137. The zero-order chi connectivity index (χ0) is 28.9. The van der Waals surface area contributed by atoms with Gasteiger partial charge in [0, 0.05) is 19.0 Å². The van der Waals surface area contributed by atoms with Gasteiger partial charge in [0.1, 0.15) is 18.0 Å². The van der Waals surface area contributed by atoms with Gasteiger partial charge in [0.2, 0.25) is 0 Å². The Hall–Kier alpha value is -4.02. The maximum absolute atomic E-state index is 13.2. The van der Waals surface area contributed by atoms with E-state index in [0.717, 1.165) is 23.5 Å². The molecule has 4 rings (SSSR count). The molecule has 0 radical (unpaired) electrons. The molecule has 2 amide bonds. The SMILES string of the molecule is CC(C)(C)OC(=O)N1CCC(c2c(C(=O)NCCOc3cccc(C(F)(F)F)c3)cnn2-c2ccccc2)CC1. The van der Waals surface area contributed by atoms with Crippen LogP contribution in [-0.2, 0) is 10.9 Å². The number of halogens is 3. The first-order valence-electron chi connectivity index (χ1n) is 13.1. The van der Waals surface area contributed by atoms with E-state index in [-0.39, 0.29) is 36.8 Å². The van der Waals surface area contributed by atoms with Crippen LogP contribution in [0.15, 0.2) is 60.8 Å². The van der Waals surface area contributed by atoms with Gasteiger partial charge in [0.25, 0.3) is 5.91 Å². The largest absolute Gasteiger partial charge is 0.492 e. The fourth-order valence-corrected chi connectivity index (χ4v) is 4.55. The van der Waals surface area contributed by atoms with Gasteiger partial charge in [-0.05, 0) is 63.9 Å². The Bertz CT molecular complexity index is 1310. The molecule has 214 valence electrons. The number of benzene rings is 2. The summed E-state index contributed by atoms with van der Waals surface area (Å²) >= 11 is 0. The molecule has 1 fully saturated rings. The van der Waals surface area contributed by atoms with Crippen molar-refractivity contribution in [3.8, 4) is 11.4 Å². The average Bonchev–Trinajstić information content (AvgIpc) is 3.36. The first-order chi connectivity index (χ1) is 18.9. The third kappa shape index (κ3) is 7.34.